The van der Waals surface area contributed by atoms with Crippen LogP contribution in [-0.4, -0.2) is 48.7 Å². The molecule has 0 saturated carbocycles. The molecule has 0 radical (unpaired) electrons. The summed E-state index contributed by atoms with van der Waals surface area (Å²) in [6.45, 7) is 0.198. The number of carbonyl (C=O) groups excluding carboxylic acids is 2. The van der Waals surface area contributed by atoms with E-state index in [1.807, 2.05) is 55.6 Å². The maximum Gasteiger partial charge on any atom is 0.338 e. The molecule has 0 spiro atoms. The third-order valence-corrected chi connectivity index (χ3v) is 6.19. The van der Waals surface area contributed by atoms with Crippen LogP contribution in [0.2, 0.25) is 0 Å². The lowest BCUT2D eigenvalue weighted by Crippen LogP contribution is -2.53. The van der Waals surface area contributed by atoms with Crippen molar-refractivity contribution in [3.05, 3.63) is 77.9 Å². The minimum atomic E-state index is -0.466. The normalized spacial score (nSPS) is 25.9. The van der Waals surface area contributed by atoms with Gasteiger partial charge < -0.3 is 9.47 Å². The minimum absolute atomic E-state index is 0.0444. The van der Waals surface area contributed by atoms with Gasteiger partial charge in [-0.15, -0.1) is 0 Å². The highest BCUT2D eigenvalue weighted by Gasteiger charge is 2.51. The number of ether oxygens (including phenoxy) is 2. The third kappa shape index (κ3) is 4.46. The topological polar surface area (TPSA) is 55.8 Å². The van der Waals surface area contributed by atoms with Crippen LogP contribution in [0, 0.1) is 5.92 Å². The van der Waals surface area contributed by atoms with E-state index in [-0.39, 0.29) is 24.6 Å². The van der Waals surface area contributed by atoms with Crippen LogP contribution < -0.4 is 0 Å². The van der Waals surface area contributed by atoms with Gasteiger partial charge >= 0.3 is 11.9 Å². The van der Waals surface area contributed by atoms with Crippen LogP contribution in [-0.2, 0) is 14.3 Å². The summed E-state index contributed by atoms with van der Waals surface area (Å²) in [7, 11) is 2.05. The molecule has 4 atom stereocenters. The van der Waals surface area contributed by atoms with Crippen molar-refractivity contribution in [1.82, 2.24) is 4.90 Å². The molecule has 0 aromatic heterocycles. The number of fused-ring (bicyclic) bond motifs is 2. The lowest BCUT2D eigenvalue weighted by molar-refractivity contribution is -0.157. The molecular formula is C25H27NO4. The molecule has 0 aliphatic carbocycles. The van der Waals surface area contributed by atoms with Gasteiger partial charge in [0, 0.05) is 18.5 Å². The van der Waals surface area contributed by atoms with E-state index in [0.29, 0.717) is 18.0 Å². The second-order valence-electron chi connectivity index (χ2n) is 7.98. The first-order valence-electron chi connectivity index (χ1n) is 10.5. The van der Waals surface area contributed by atoms with Gasteiger partial charge in [0.1, 0.15) is 18.6 Å². The third-order valence-electron chi connectivity index (χ3n) is 6.19. The van der Waals surface area contributed by atoms with Crippen molar-refractivity contribution in [3.8, 4) is 0 Å². The number of hydrogen-bond donors (Lipinski definition) is 0. The first-order valence-corrected chi connectivity index (χ1v) is 10.5. The first kappa shape index (κ1) is 20.4. The molecule has 156 valence electrons. The summed E-state index contributed by atoms with van der Waals surface area (Å²) in [5.74, 6) is -1.14. The zero-order valence-electron chi connectivity index (χ0n) is 17.1. The van der Waals surface area contributed by atoms with E-state index < -0.39 is 12.0 Å². The fraction of sp³-hybridized carbons (Fsp3) is 0.360. The standard InChI is InChI=1S/C25H27NO4/c1-26-20-14-15-21(26)23(22(17-20)30-24(27)19-12-6-3-7-13-19)25(28)29-16-8-11-18-9-4-2-5-10-18/h2-13,20-23H,14-17H2,1H3/t20-,21?,22+,23?/m1/s1. The summed E-state index contributed by atoms with van der Waals surface area (Å²) in [5.41, 5.74) is 1.56. The minimum Gasteiger partial charge on any atom is -0.461 e. The largest absolute Gasteiger partial charge is 0.461 e. The molecule has 4 rings (SSSR count). The molecule has 2 aromatic carbocycles. The Morgan fingerprint density at radius 1 is 1.03 bits per heavy atom. The highest BCUT2D eigenvalue weighted by molar-refractivity contribution is 5.89. The maximum atomic E-state index is 13.0. The van der Waals surface area contributed by atoms with Crippen LogP contribution in [0.3, 0.4) is 0 Å². The fourth-order valence-electron chi connectivity index (χ4n) is 4.61. The Balaban J connectivity index is 1.42. The van der Waals surface area contributed by atoms with Gasteiger partial charge in [0.25, 0.3) is 0 Å². The van der Waals surface area contributed by atoms with Crippen molar-refractivity contribution >= 4 is 18.0 Å². The van der Waals surface area contributed by atoms with E-state index in [0.717, 1.165) is 18.4 Å². The van der Waals surface area contributed by atoms with E-state index in [4.69, 9.17) is 9.47 Å². The summed E-state index contributed by atoms with van der Waals surface area (Å²) in [4.78, 5) is 27.9. The smallest absolute Gasteiger partial charge is 0.338 e. The molecule has 30 heavy (non-hydrogen) atoms. The maximum absolute atomic E-state index is 13.0. The van der Waals surface area contributed by atoms with Gasteiger partial charge in [-0.3, -0.25) is 9.69 Å². The van der Waals surface area contributed by atoms with Crippen molar-refractivity contribution in [2.75, 3.05) is 13.7 Å². The van der Waals surface area contributed by atoms with Crippen LogP contribution in [0.15, 0.2) is 66.7 Å². The van der Waals surface area contributed by atoms with Crippen LogP contribution >= 0.6 is 0 Å². The number of hydrogen-bond acceptors (Lipinski definition) is 5. The first-order chi connectivity index (χ1) is 14.6. The summed E-state index contributed by atoms with van der Waals surface area (Å²) in [6, 6.07) is 19.2. The molecular weight excluding hydrogens is 378 g/mol. The number of benzene rings is 2. The van der Waals surface area contributed by atoms with Crippen molar-refractivity contribution < 1.29 is 19.1 Å². The Morgan fingerprint density at radius 3 is 2.47 bits per heavy atom. The average Bonchev–Trinajstić information content (AvgIpc) is 3.01. The quantitative estimate of drug-likeness (QED) is 0.681. The molecule has 0 N–H and O–H groups in total. The molecule has 5 heteroatoms. The van der Waals surface area contributed by atoms with Crippen molar-refractivity contribution in [3.63, 3.8) is 0 Å². The van der Waals surface area contributed by atoms with E-state index in [9.17, 15) is 9.59 Å². The van der Waals surface area contributed by atoms with Gasteiger partial charge in [0.15, 0.2) is 0 Å². The zero-order chi connectivity index (χ0) is 20.9. The molecule has 2 heterocycles. The molecule has 2 fully saturated rings. The Bertz CT molecular complexity index is 896. The number of rotatable bonds is 6. The number of piperidine rings is 1. The average molecular weight is 405 g/mol. The Kier molecular flexibility index (Phi) is 6.29. The molecule has 0 amide bonds. The number of nitrogens with zero attached hydrogens (tertiary/aromatic N) is 1. The van der Waals surface area contributed by atoms with Crippen LogP contribution in [0.4, 0.5) is 0 Å². The van der Waals surface area contributed by atoms with E-state index in [2.05, 4.69) is 4.90 Å². The summed E-state index contributed by atoms with van der Waals surface area (Å²) >= 11 is 0. The van der Waals surface area contributed by atoms with Crippen molar-refractivity contribution in [2.45, 2.75) is 37.5 Å². The summed E-state index contributed by atoms with van der Waals surface area (Å²) < 4.78 is 11.4. The van der Waals surface area contributed by atoms with Gasteiger partial charge in [-0.25, -0.2) is 4.79 Å². The molecule has 2 unspecified atom stereocenters. The Hall–Kier alpha value is -2.92. The van der Waals surface area contributed by atoms with E-state index in [1.54, 1.807) is 24.3 Å². The number of esters is 2. The Labute approximate surface area is 177 Å². The van der Waals surface area contributed by atoms with Crippen molar-refractivity contribution in [1.29, 1.82) is 0 Å². The lowest BCUT2D eigenvalue weighted by Gasteiger charge is -2.40. The van der Waals surface area contributed by atoms with E-state index in [1.165, 1.54) is 0 Å². The molecule has 5 nitrogen and oxygen atoms in total. The predicted molar refractivity (Wildman–Crippen MR) is 115 cm³/mol. The SMILES string of the molecule is CN1C2CC[C@@H]1C[C@H](OC(=O)c1ccccc1)C2C(=O)OCC=Cc1ccccc1. The highest BCUT2D eigenvalue weighted by atomic mass is 16.6. The fourth-order valence-corrected chi connectivity index (χ4v) is 4.61. The number of carbonyl (C=O) groups is 2. The van der Waals surface area contributed by atoms with Gasteiger partial charge in [0.05, 0.1) is 5.56 Å². The second-order valence-corrected chi connectivity index (χ2v) is 7.98. The van der Waals surface area contributed by atoms with Gasteiger partial charge in [-0.05, 0) is 43.7 Å². The summed E-state index contributed by atoms with van der Waals surface area (Å²) in [6.07, 6.45) is 5.89. The monoisotopic (exact) mass is 405 g/mol. The van der Waals surface area contributed by atoms with Crippen LogP contribution in [0.25, 0.3) is 6.08 Å². The zero-order valence-corrected chi connectivity index (χ0v) is 17.1. The lowest BCUT2D eigenvalue weighted by atomic mass is 9.87. The molecule has 2 aliphatic rings. The summed E-state index contributed by atoms with van der Waals surface area (Å²) in [5, 5.41) is 0. The van der Waals surface area contributed by atoms with E-state index >= 15 is 0 Å². The highest BCUT2D eigenvalue weighted by Crippen LogP contribution is 2.40. The molecule has 2 aliphatic heterocycles. The Morgan fingerprint density at radius 2 is 1.73 bits per heavy atom. The molecule has 2 aromatic rings. The van der Waals surface area contributed by atoms with Gasteiger partial charge in [-0.1, -0.05) is 54.6 Å². The van der Waals surface area contributed by atoms with Gasteiger partial charge in [-0.2, -0.15) is 0 Å². The predicted octanol–water partition coefficient (Wildman–Crippen LogP) is 3.95. The van der Waals surface area contributed by atoms with Gasteiger partial charge in [0.2, 0.25) is 0 Å². The second kappa shape index (κ2) is 9.26. The van der Waals surface area contributed by atoms with Crippen molar-refractivity contribution in [2.24, 2.45) is 5.92 Å². The molecule has 2 saturated heterocycles. The van der Waals surface area contributed by atoms with Crippen LogP contribution in [0.5, 0.6) is 0 Å². The van der Waals surface area contributed by atoms with Crippen LogP contribution in [0.1, 0.15) is 35.2 Å². The molecule has 2 bridgehead atoms.